The summed E-state index contributed by atoms with van der Waals surface area (Å²) in [5.41, 5.74) is 1.06. The second kappa shape index (κ2) is 5.70. The number of ether oxygens (including phenoxy) is 1. The van der Waals surface area contributed by atoms with Crippen LogP contribution in [0.4, 0.5) is 10.1 Å². The molecule has 2 rings (SSSR count). The van der Waals surface area contributed by atoms with E-state index < -0.39 is 5.82 Å². The molecule has 0 unspecified atom stereocenters. The van der Waals surface area contributed by atoms with Gasteiger partial charge in [-0.2, -0.15) is 5.26 Å². The number of methoxy groups -OCH3 is 1. The number of benzene rings is 1. The fourth-order valence-electron chi connectivity index (χ4n) is 2.40. The molecule has 0 aliphatic carbocycles. The zero-order chi connectivity index (χ0) is 13.8. The van der Waals surface area contributed by atoms with Crippen LogP contribution >= 0.6 is 0 Å². The largest absolute Gasteiger partial charge is 0.469 e. The van der Waals surface area contributed by atoms with Gasteiger partial charge in [-0.05, 0) is 31.0 Å². The Bertz CT molecular complexity index is 517. The second-order valence-corrected chi connectivity index (χ2v) is 4.56. The van der Waals surface area contributed by atoms with Gasteiger partial charge in [0, 0.05) is 13.1 Å². The predicted octanol–water partition coefficient (Wildman–Crippen LogP) is 2.09. The number of piperidine rings is 1. The second-order valence-electron chi connectivity index (χ2n) is 4.56. The molecule has 0 aromatic heterocycles. The first kappa shape index (κ1) is 13.3. The van der Waals surface area contributed by atoms with Gasteiger partial charge in [0.25, 0.3) is 0 Å². The highest BCUT2D eigenvalue weighted by molar-refractivity contribution is 5.73. The lowest BCUT2D eigenvalue weighted by atomic mass is 9.96. The molecule has 1 fully saturated rings. The van der Waals surface area contributed by atoms with E-state index in [1.54, 1.807) is 6.07 Å². The molecule has 100 valence electrons. The summed E-state index contributed by atoms with van der Waals surface area (Å²) in [5, 5.41) is 9.03. The van der Waals surface area contributed by atoms with E-state index in [-0.39, 0.29) is 11.9 Å². The van der Waals surface area contributed by atoms with Crippen LogP contribution in [0.3, 0.4) is 0 Å². The van der Waals surface area contributed by atoms with Crippen LogP contribution in [0, 0.1) is 23.1 Å². The van der Waals surface area contributed by atoms with Gasteiger partial charge in [-0.3, -0.25) is 4.79 Å². The average Bonchev–Trinajstić information content (AvgIpc) is 2.46. The van der Waals surface area contributed by atoms with Gasteiger partial charge in [-0.15, -0.1) is 0 Å². The van der Waals surface area contributed by atoms with Crippen molar-refractivity contribution in [2.24, 2.45) is 5.92 Å². The zero-order valence-electron chi connectivity index (χ0n) is 10.7. The number of rotatable bonds is 2. The minimum atomic E-state index is -0.412. The molecule has 0 amide bonds. The summed E-state index contributed by atoms with van der Waals surface area (Å²) < 4.78 is 17.8. The summed E-state index contributed by atoms with van der Waals surface area (Å²) >= 11 is 0. The van der Waals surface area contributed by atoms with Crippen LogP contribution in [-0.2, 0) is 9.53 Å². The van der Waals surface area contributed by atoms with Crippen molar-refractivity contribution in [2.45, 2.75) is 12.8 Å². The molecule has 0 atom stereocenters. The highest BCUT2D eigenvalue weighted by atomic mass is 19.1. The van der Waals surface area contributed by atoms with Gasteiger partial charge in [0.2, 0.25) is 0 Å². The van der Waals surface area contributed by atoms with E-state index in [2.05, 4.69) is 0 Å². The van der Waals surface area contributed by atoms with Gasteiger partial charge in [0.1, 0.15) is 11.9 Å². The van der Waals surface area contributed by atoms with Gasteiger partial charge in [0.15, 0.2) is 0 Å². The normalized spacial score (nSPS) is 15.9. The monoisotopic (exact) mass is 262 g/mol. The summed E-state index contributed by atoms with van der Waals surface area (Å²) in [7, 11) is 1.39. The van der Waals surface area contributed by atoms with Crippen molar-refractivity contribution in [3.05, 3.63) is 29.6 Å². The third-order valence-corrected chi connectivity index (χ3v) is 3.45. The van der Waals surface area contributed by atoms with E-state index in [0.29, 0.717) is 31.5 Å². The highest BCUT2D eigenvalue weighted by Crippen LogP contribution is 2.27. The fraction of sp³-hybridized carbons (Fsp3) is 0.429. The van der Waals surface area contributed by atoms with Crippen LogP contribution in [0.15, 0.2) is 18.2 Å². The van der Waals surface area contributed by atoms with Crippen LogP contribution in [0.5, 0.6) is 0 Å². The number of carbonyl (C=O) groups excluding carboxylic acids is 1. The Kier molecular flexibility index (Phi) is 4.00. The smallest absolute Gasteiger partial charge is 0.308 e. The number of hydrogen-bond acceptors (Lipinski definition) is 4. The third-order valence-electron chi connectivity index (χ3n) is 3.45. The SMILES string of the molecule is COC(=O)C1CCN(c2ccc(F)cc2C#N)CC1. The highest BCUT2D eigenvalue weighted by Gasteiger charge is 2.26. The molecule has 4 nitrogen and oxygen atoms in total. The molecule has 0 spiro atoms. The Labute approximate surface area is 111 Å². The van der Waals surface area contributed by atoms with Crippen LogP contribution in [0.25, 0.3) is 0 Å². The molecule has 0 bridgehead atoms. The van der Waals surface area contributed by atoms with E-state index in [9.17, 15) is 9.18 Å². The first-order valence-corrected chi connectivity index (χ1v) is 6.18. The molecule has 19 heavy (non-hydrogen) atoms. The van der Waals surface area contributed by atoms with Crippen LogP contribution in [0.2, 0.25) is 0 Å². The molecule has 1 aromatic rings. The number of halogens is 1. The third kappa shape index (κ3) is 2.84. The van der Waals surface area contributed by atoms with E-state index >= 15 is 0 Å². The van der Waals surface area contributed by atoms with E-state index in [0.717, 1.165) is 5.69 Å². The number of nitriles is 1. The maximum absolute atomic E-state index is 13.1. The topological polar surface area (TPSA) is 53.3 Å². The summed E-state index contributed by atoms with van der Waals surface area (Å²) in [6.45, 7) is 1.33. The summed E-state index contributed by atoms with van der Waals surface area (Å²) in [6.07, 6.45) is 1.38. The van der Waals surface area contributed by atoms with Crippen molar-refractivity contribution in [2.75, 3.05) is 25.1 Å². The summed E-state index contributed by atoms with van der Waals surface area (Å²) in [6, 6.07) is 6.21. The van der Waals surface area contributed by atoms with Gasteiger partial charge in [0.05, 0.1) is 24.3 Å². The van der Waals surface area contributed by atoms with Crippen molar-refractivity contribution in [3.8, 4) is 6.07 Å². The molecule has 5 heteroatoms. The molecule has 1 aliphatic rings. The van der Waals surface area contributed by atoms with Crippen molar-refractivity contribution >= 4 is 11.7 Å². The van der Waals surface area contributed by atoms with Crippen LogP contribution in [-0.4, -0.2) is 26.2 Å². The Morgan fingerprint density at radius 2 is 2.16 bits per heavy atom. The predicted molar refractivity (Wildman–Crippen MR) is 68.1 cm³/mol. The Hall–Kier alpha value is -2.09. The molecule has 1 saturated heterocycles. The quantitative estimate of drug-likeness (QED) is 0.766. The standard InChI is InChI=1S/C14H15FN2O2/c1-19-14(18)10-4-6-17(7-5-10)13-3-2-12(15)8-11(13)9-16/h2-3,8,10H,4-7H2,1H3. The summed E-state index contributed by atoms with van der Waals surface area (Å²) in [4.78, 5) is 13.4. The zero-order valence-corrected chi connectivity index (χ0v) is 10.7. The molecule has 1 aromatic carbocycles. The van der Waals surface area contributed by atoms with Crippen molar-refractivity contribution < 1.29 is 13.9 Å². The Balaban J connectivity index is 2.10. The average molecular weight is 262 g/mol. The van der Waals surface area contributed by atoms with Gasteiger partial charge >= 0.3 is 5.97 Å². The first-order valence-electron chi connectivity index (χ1n) is 6.18. The lowest BCUT2D eigenvalue weighted by Gasteiger charge is -2.32. The van der Waals surface area contributed by atoms with E-state index in [4.69, 9.17) is 10.00 Å². The molecular formula is C14H15FN2O2. The van der Waals surface area contributed by atoms with E-state index in [1.807, 2.05) is 11.0 Å². The Morgan fingerprint density at radius 1 is 1.47 bits per heavy atom. The molecule has 0 radical (unpaired) electrons. The molecular weight excluding hydrogens is 247 g/mol. The number of anilines is 1. The Morgan fingerprint density at radius 3 is 2.74 bits per heavy atom. The minimum absolute atomic E-state index is 0.0766. The maximum Gasteiger partial charge on any atom is 0.308 e. The van der Waals surface area contributed by atoms with Crippen molar-refractivity contribution in [3.63, 3.8) is 0 Å². The van der Waals surface area contributed by atoms with Crippen LogP contribution in [0.1, 0.15) is 18.4 Å². The number of esters is 1. The van der Waals surface area contributed by atoms with Gasteiger partial charge < -0.3 is 9.64 Å². The first-order chi connectivity index (χ1) is 9.15. The number of hydrogen-bond donors (Lipinski definition) is 0. The molecule has 0 saturated carbocycles. The number of nitrogens with zero attached hydrogens (tertiary/aromatic N) is 2. The lowest BCUT2D eigenvalue weighted by Crippen LogP contribution is -2.37. The lowest BCUT2D eigenvalue weighted by molar-refractivity contribution is -0.146. The van der Waals surface area contributed by atoms with Gasteiger partial charge in [-0.25, -0.2) is 4.39 Å². The van der Waals surface area contributed by atoms with Crippen molar-refractivity contribution in [1.82, 2.24) is 0 Å². The van der Waals surface area contributed by atoms with Gasteiger partial charge in [-0.1, -0.05) is 0 Å². The van der Waals surface area contributed by atoms with Crippen molar-refractivity contribution in [1.29, 1.82) is 5.26 Å². The van der Waals surface area contributed by atoms with Crippen LogP contribution < -0.4 is 4.90 Å². The molecule has 0 N–H and O–H groups in total. The minimum Gasteiger partial charge on any atom is -0.469 e. The fourth-order valence-corrected chi connectivity index (χ4v) is 2.40. The molecule has 1 aliphatic heterocycles. The molecule has 1 heterocycles. The maximum atomic E-state index is 13.1. The summed E-state index contributed by atoms with van der Waals surface area (Å²) in [5.74, 6) is -0.670. The van der Waals surface area contributed by atoms with E-state index in [1.165, 1.54) is 19.2 Å². The number of carbonyl (C=O) groups is 1.